The molecule has 0 fully saturated rings. The summed E-state index contributed by atoms with van der Waals surface area (Å²) in [6.45, 7) is 3.46. The second kappa shape index (κ2) is 8.79. The van der Waals surface area contributed by atoms with E-state index in [2.05, 4.69) is 5.10 Å². The van der Waals surface area contributed by atoms with Crippen molar-refractivity contribution in [1.29, 1.82) is 0 Å². The van der Waals surface area contributed by atoms with Crippen LogP contribution in [0.25, 0.3) is 16.9 Å². The molecule has 1 aromatic heterocycles. The van der Waals surface area contributed by atoms with Gasteiger partial charge in [-0.3, -0.25) is 4.79 Å². The molecule has 0 N–H and O–H groups in total. The molecule has 31 heavy (non-hydrogen) atoms. The van der Waals surface area contributed by atoms with Gasteiger partial charge in [-0.15, -0.1) is 0 Å². The number of hydrogen-bond donors (Lipinski definition) is 0. The molecule has 0 saturated carbocycles. The Hall–Kier alpha value is -3.99. The highest BCUT2D eigenvalue weighted by Crippen LogP contribution is 2.24. The first kappa shape index (κ1) is 20.3. The van der Waals surface area contributed by atoms with Crippen LogP contribution in [0, 0.1) is 13.8 Å². The van der Waals surface area contributed by atoms with E-state index in [1.165, 1.54) is 0 Å². The van der Waals surface area contributed by atoms with E-state index in [4.69, 9.17) is 4.74 Å². The SMILES string of the molecule is Cc1ccc(C)c(C(=O)COC(=O)c2cn(-c3ccccc3)nc2-c2ccccc2)c1. The Morgan fingerprint density at radius 1 is 0.871 bits per heavy atom. The van der Waals surface area contributed by atoms with Gasteiger partial charge in [0.2, 0.25) is 5.78 Å². The quantitative estimate of drug-likeness (QED) is 0.324. The van der Waals surface area contributed by atoms with E-state index in [1.807, 2.05) is 92.7 Å². The summed E-state index contributed by atoms with van der Waals surface area (Å²) in [5, 5.41) is 4.61. The zero-order chi connectivity index (χ0) is 21.8. The Morgan fingerprint density at radius 2 is 1.55 bits per heavy atom. The maximum atomic E-state index is 12.9. The molecule has 0 saturated heterocycles. The van der Waals surface area contributed by atoms with Crippen LogP contribution in [-0.4, -0.2) is 28.1 Å². The highest BCUT2D eigenvalue weighted by molar-refractivity contribution is 6.01. The maximum absolute atomic E-state index is 12.9. The molecule has 4 rings (SSSR count). The summed E-state index contributed by atoms with van der Waals surface area (Å²) >= 11 is 0. The number of carbonyl (C=O) groups is 2. The average Bonchev–Trinajstić information content (AvgIpc) is 3.26. The topological polar surface area (TPSA) is 61.2 Å². The predicted octanol–water partition coefficient (Wildman–Crippen LogP) is 5.20. The third kappa shape index (κ3) is 4.46. The lowest BCUT2D eigenvalue weighted by Crippen LogP contribution is -2.15. The Labute approximate surface area is 180 Å². The Kier molecular flexibility index (Phi) is 5.76. The molecule has 0 aliphatic rings. The van der Waals surface area contributed by atoms with Crippen LogP contribution >= 0.6 is 0 Å². The fourth-order valence-corrected chi connectivity index (χ4v) is 3.37. The van der Waals surface area contributed by atoms with E-state index < -0.39 is 5.97 Å². The van der Waals surface area contributed by atoms with E-state index in [1.54, 1.807) is 10.9 Å². The van der Waals surface area contributed by atoms with Crippen molar-refractivity contribution >= 4 is 11.8 Å². The van der Waals surface area contributed by atoms with Gasteiger partial charge in [0.05, 0.1) is 5.69 Å². The van der Waals surface area contributed by atoms with Gasteiger partial charge in [0.25, 0.3) is 0 Å². The second-order valence-electron chi connectivity index (χ2n) is 7.36. The molecule has 0 aliphatic carbocycles. The van der Waals surface area contributed by atoms with Crippen LogP contribution in [0.2, 0.25) is 0 Å². The molecular formula is C26H22N2O3. The number of Topliss-reactive ketones (excluding diaryl/α,β-unsaturated/α-hetero) is 1. The minimum atomic E-state index is -0.584. The van der Waals surface area contributed by atoms with Crippen LogP contribution in [-0.2, 0) is 4.74 Å². The number of para-hydroxylation sites is 1. The summed E-state index contributed by atoms with van der Waals surface area (Å²) in [5.74, 6) is -0.814. The van der Waals surface area contributed by atoms with E-state index in [0.717, 1.165) is 22.4 Å². The fourth-order valence-electron chi connectivity index (χ4n) is 3.37. The summed E-state index contributed by atoms with van der Waals surface area (Å²) < 4.78 is 7.05. The molecular weight excluding hydrogens is 388 g/mol. The van der Waals surface area contributed by atoms with Gasteiger partial charge in [0.1, 0.15) is 11.3 Å². The van der Waals surface area contributed by atoms with Crippen molar-refractivity contribution in [2.24, 2.45) is 0 Å². The minimum Gasteiger partial charge on any atom is -0.454 e. The molecule has 4 aromatic rings. The van der Waals surface area contributed by atoms with Crippen LogP contribution < -0.4 is 0 Å². The number of benzene rings is 3. The zero-order valence-corrected chi connectivity index (χ0v) is 17.4. The predicted molar refractivity (Wildman–Crippen MR) is 120 cm³/mol. The number of ether oxygens (including phenoxy) is 1. The molecule has 0 radical (unpaired) electrons. The molecule has 5 heteroatoms. The van der Waals surface area contributed by atoms with Crippen molar-refractivity contribution in [3.8, 4) is 16.9 Å². The van der Waals surface area contributed by atoms with E-state index in [-0.39, 0.29) is 12.4 Å². The van der Waals surface area contributed by atoms with Gasteiger partial charge in [-0.05, 0) is 37.6 Å². The summed E-state index contributed by atoms with van der Waals surface area (Å²) in [6, 6.07) is 24.6. The van der Waals surface area contributed by atoms with Gasteiger partial charge in [-0.2, -0.15) is 5.10 Å². The number of ketones is 1. The summed E-state index contributed by atoms with van der Waals surface area (Å²) in [4.78, 5) is 25.6. The van der Waals surface area contributed by atoms with Gasteiger partial charge in [0.15, 0.2) is 6.61 Å². The largest absolute Gasteiger partial charge is 0.454 e. The Morgan fingerprint density at radius 3 is 2.26 bits per heavy atom. The number of aryl methyl sites for hydroxylation is 2. The molecule has 0 bridgehead atoms. The molecule has 0 atom stereocenters. The molecule has 5 nitrogen and oxygen atoms in total. The zero-order valence-electron chi connectivity index (χ0n) is 17.4. The summed E-state index contributed by atoms with van der Waals surface area (Å²) in [6.07, 6.45) is 1.64. The Bertz CT molecular complexity index is 1230. The van der Waals surface area contributed by atoms with Crippen molar-refractivity contribution in [2.75, 3.05) is 6.61 Å². The Balaban J connectivity index is 1.61. The van der Waals surface area contributed by atoms with E-state index in [9.17, 15) is 9.59 Å². The van der Waals surface area contributed by atoms with Gasteiger partial charge < -0.3 is 4.74 Å². The normalized spacial score (nSPS) is 10.6. The van der Waals surface area contributed by atoms with Crippen LogP contribution in [0.4, 0.5) is 0 Å². The highest BCUT2D eigenvalue weighted by atomic mass is 16.5. The van der Waals surface area contributed by atoms with Crippen molar-refractivity contribution in [3.63, 3.8) is 0 Å². The number of aromatic nitrogens is 2. The van der Waals surface area contributed by atoms with Crippen LogP contribution in [0.15, 0.2) is 85.1 Å². The third-order valence-corrected chi connectivity index (χ3v) is 5.03. The maximum Gasteiger partial charge on any atom is 0.342 e. The molecule has 0 aliphatic heterocycles. The number of rotatable bonds is 6. The monoisotopic (exact) mass is 410 g/mol. The molecule has 3 aromatic carbocycles. The summed E-state index contributed by atoms with van der Waals surface area (Å²) in [7, 11) is 0. The first-order valence-corrected chi connectivity index (χ1v) is 10.0. The molecule has 0 amide bonds. The highest BCUT2D eigenvalue weighted by Gasteiger charge is 2.21. The van der Waals surface area contributed by atoms with Crippen molar-refractivity contribution < 1.29 is 14.3 Å². The fraction of sp³-hybridized carbons (Fsp3) is 0.115. The van der Waals surface area contributed by atoms with Crippen molar-refractivity contribution in [2.45, 2.75) is 13.8 Å². The number of nitrogens with zero attached hydrogens (tertiary/aromatic N) is 2. The van der Waals surface area contributed by atoms with Crippen molar-refractivity contribution in [1.82, 2.24) is 9.78 Å². The number of hydrogen-bond acceptors (Lipinski definition) is 4. The van der Waals surface area contributed by atoms with E-state index >= 15 is 0 Å². The standard InChI is InChI=1S/C26H22N2O3/c1-18-13-14-19(2)22(15-18)24(29)17-31-26(30)23-16-28(21-11-7-4-8-12-21)27-25(23)20-9-5-3-6-10-20/h3-16H,17H2,1-2H3. The first-order chi connectivity index (χ1) is 15.0. The van der Waals surface area contributed by atoms with E-state index in [0.29, 0.717) is 16.8 Å². The molecule has 154 valence electrons. The van der Waals surface area contributed by atoms with Crippen LogP contribution in [0.3, 0.4) is 0 Å². The smallest absolute Gasteiger partial charge is 0.342 e. The third-order valence-electron chi connectivity index (χ3n) is 5.03. The van der Waals surface area contributed by atoms with Crippen LogP contribution in [0.1, 0.15) is 31.8 Å². The van der Waals surface area contributed by atoms with Crippen LogP contribution in [0.5, 0.6) is 0 Å². The lowest BCUT2D eigenvalue weighted by Gasteiger charge is -2.07. The minimum absolute atomic E-state index is 0.230. The first-order valence-electron chi connectivity index (χ1n) is 10.0. The van der Waals surface area contributed by atoms with Gasteiger partial charge in [-0.25, -0.2) is 9.48 Å². The average molecular weight is 410 g/mol. The molecule has 0 spiro atoms. The van der Waals surface area contributed by atoms with Gasteiger partial charge in [-0.1, -0.05) is 66.2 Å². The second-order valence-corrected chi connectivity index (χ2v) is 7.36. The number of carbonyl (C=O) groups excluding carboxylic acids is 2. The summed E-state index contributed by atoms with van der Waals surface area (Å²) in [5.41, 5.74) is 4.84. The molecule has 1 heterocycles. The molecule has 0 unspecified atom stereocenters. The lowest BCUT2D eigenvalue weighted by atomic mass is 10.0. The number of esters is 1. The lowest BCUT2D eigenvalue weighted by molar-refractivity contribution is 0.0475. The van der Waals surface area contributed by atoms with Gasteiger partial charge >= 0.3 is 5.97 Å². The van der Waals surface area contributed by atoms with Crippen molar-refractivity contribution in [3.05, 3.63) is 107 Å². The van der Waals surface area contributed by atoms with Gasteiger partial charge in [0, 0.05) is 17.3 Å².